The van der Waals surface area contributed by atoms with E-state index in [1.54, 1.807) is 12.1 Å². The highest BCUT2D eigenvalue weighted by Crippen LogP contribution is 2.28. The number of fused-ring (bicyclic) bond motifs is 1. The molecule has 1 N–H and O–H groups in total. The molecule has 0 aliphatic carbocycles. The zero-order chi connectivity index (χ0) is 10.2. The van der Waals surface area contributed by atoms with Crippen LogP contribution in [0.15, 0.2) is 23.1 Å². The molecular weight excluding hydrogens is 198 g/mol. The van der Waals surface area contributed by atoms with Crippen LogP contribution < -0.4 is 5.32 Å². The molecule has 76 valence electrons. The first-order valence-corrected chi connectivity index (χ1v) is 6.33. The topological polar surface area (TPSA) is 46.2 Å². The van der Waals surface area contributed by atoms with E-state index in [2.05, 4.69) is 5.32 Å². The second-order valence-electron chi connectivity index (χ2n) is 3.55. The Bertz CT molecular complexity index is 451. The minimum Gasteiger partial charge on any atom is -0.384 e. The summed E-state index contributed by atoms with van der Waals surface area (Å²) in [6.07, 6.45) is 0.677. The quantitative estimate of drug-likeness (QED) is 0.708. The van der Waals surface area contributed by atoms with E-state index in [9.17, 15) is 8.42 Å². The van der Waals surface area contributed by atoms with Crippen LogP contribution in [0.1, 0.15) is 12.0 Å². The molecular formula is C10H13NO2S. The molecule has 4 heteroatoms. The predicted octanol–water partition coefficient (Wildman–Crippen LogP) is 1.58. The van der Waals surface area contributed by atoms with Gasteiger partial charge in [-0.05, 0) is 25.0 Å². The van der Waals surface area contributed by atoms with E-state index in [0.29, 0.717) is 11.3 Å². The molecule has 0 saturated carbocycles. The minimum atomic E-state index is -3.06. The van der Waals surface area contributed by atoms with Crippen molar-refractivity contribution in [2.45, 2.75) is 18.2 Å². The monoisotopic (exact) mass is 211 g/mol. The van der Waals surface area contributed by atoms with Gasteiger partial charge in [-0.15, -0.1) is 0 Å². The zero-order valence-corrected chi connectivity index (χ0v) is 8.89. The Kier molecular flexibility index (Phi) is 2.23. The lowest BCUT2D eigenvalue weighted by molar-refractivity contribution is 0.596. The fourth-order valence-electron chi connectivity index (χ4n) is 1.71. The highest BCUT2D eigenvalue weighted by molar-refractivity contribution is 7.91. The maximum Gasteiger partial charge on any atom is 0.180 e. The summed E-state index contributed by atoms with van der Waals surface area (Å²) in [6, 6.07) is 5.39. The van der Waals surface area contributed by atoms with Crippen LogP contribution in [0, 0.1) is 6.92 Å². The molecule has 0 saturated heterocycles. The van der Waals surface area contributed by atoms with Crippen LogP contribution >= 0.6 is 0 Å². The number of nitrogens with one attached hydrogen (secondary N) is 1. The lowest BCUT2D eigenvalue weighted by Gasteiger charge is -2.09. The van der Waals surface area contributed by atoms with Crippen molar-refractivity contribution >= 4 is 15.5 Å². The number of anilines is 1. The SMILES string of the molecule is Cc1cccc2c1NCCCS2(=O)=O. The molecule has 1 aromatic carbocycles. The van der Waals surface area contributed by atoms with E-state index >= 15 is 0 Å². The summed E-state index contributed by atoms with van der Waals surface area (Å²) in [5, 5.41) is 3.17. The van der Waals surface area contributed by atoms with E-state index in [1.807, 2.05) is 13.0 Å². The largest absolute Gasteiger partial charge is 0.384 e. The van der Waals surface area contributed by atoms with Crippen molar-refractivity contribution in [2.24, 2.45) is 0 Å². The number of para-hydroxylation sites is 1. The van der Waals surface area contributed by atoms with Gasteiger partial charge in [-0.3, -0.25) is 0 Å². The highest BCUT2D eigenvalue weighted by atomic mass is 32.2. The van der Waals surface area contributed by atoms with Crippen molar-refractivity contribution in [3.63, 3.8) is 0 Å². The summed E-state index contributed by atoms with van der Waals surface area (Å²) < 4.78 is 23.6. The molecule has 1 aromatic rings. The predicted molar refractivity (Wildman–Crippen MR) is 56.3 cm³/mol. The molecule has 0 radical (unpaired) electrons. The first-order chi connectivity index (χ1) is 6.61. The maximum absolute atomic E-state index is 11.8. The van der Waals surface area contributed by atoms with Crippen LogP contribution in [0.3, 0.4) is 0 Å². The lowest BCUT2D eigenvalue weighted by atomic mass is 10.2. The second kappa shape index (κ2) is 3.28. The van der Waals surface area contributed by atoms with Gasteiger partial charge < -0.3 is 5.32 Å². The van der Waals surface area contributed by atoms with Gasteiger partial charge in [0.25, 0.3) is 0 Å². The normalized spacial score (nSPS) is 19.2. The van der Waals surface area contributed by atoms with Crippen molar-refractivity contribution in [3.8, 4) is 0 Å². The van der Waals surface area contributed by atoms with Crippen molar-refractivity contribution in [1.82, 2.24) is 0 Å². The number of benzene rings is 1. The molecule has 0 bridgehead atoms. The fourth-order valence-corrected chi connectivity index (χ4v) is 3.29. The number of rotatable bonds is 0. The first kappa shape index (κ1) is 9.52. The number of hydrogen-bond acceptors (Lipinski definition) is 3. The van der Waals surface area contributed by atoms with Gasteiger partial charge in [-0.2, -0.15) is 0 Å². The van der Waals surface area contributed by atoms with Gasteiger partial charge in [-0.25, -0.2) is 8.42 Å². The van der Waals surface area contributed by atoms with E-state index < -0.39 is 9.84 Å². The number of sulfone groups is 1. The maximum atomic E-state index is 11.8. The molecule has 1 aliphatic heterocycles. The van der Waals surface area contributed by atoms with Crippen LogP contribution in [0.2, 0.25) is 0 Å². The third-order valence-electron chi connectivity index (χ3n) is 2.46. The van der Waals surface area contributed by atoms with Gasteiger partial charge in [-0.1, -0.05) is 12.1 Å². The third-order valence-corrected chi connectivity index (χ3v) is 4.30. The number of hydrogen-bond donors (Lipinski definition) is 1. The van der Waals surface area contributed by atoms with Crippen LogP contribution in [-0.2, 0) is 9.84 Å². The Hall–Kier alpha value is -1.03. The Labute approximate surface area is 84.1 Å². The average Bonchev–Trinajstić information content (AvgIpc) is 2.27. The van der Waals surface area contributed by atoms with Gasteiger partial charge >= 0.3 is 0 Å². The minimum absolute atomic E-state index is 0.246. The molecule has 3 nitrogen and oxygen atoms in total. The third kappa shape index (κ3) is 1.50. The van der Waals surface area contributed by atoms with Gasteiger partial charge in [0, 0.05) is 6.54 Å². The van der Waals surface area contributed by atoms with E-state index in [-0.39, 0.29) is 5.75 Å². The zero-order valence-electron chi connectivity index (χ0n) is 8.08. The summed E-state index contributed by atoms with van der Waals surface area (Å²) in [6.45, 7) is 2.66. The van der Waals surface area contributed by atoms with E-state index in [4.69, 9.17) is 0 Å². The van der Waals surface area contributed by atoms with Gasteiger partial charge in [0.2, 0.25) is 0 Å². The molecule has 0 atom stereocenters. The molecule has 0 unspecified atom stereocenters. The standard InChI is InChI=1S/C10H13NO2S/c1-8-4-2-5-9-10(8)11-6-3-7-14(9,12)13/h2,4-5,11H,3,6-7H2,1H3. The van der Waals surface area contributed by atoms with Gasteiger partial charge in [0.1, 0.15) is 0 Å². The van der Waals surface area contributed by atoms with E-state index in [1.165, 1.54) is 0 Å². The van der Waals surface area contributed by atoms with Crippen LogP contribution in [-0.4, -0.2) is 20.7 Å². The molecule has 0 amide bonds. The summed E-state index contributed by atoms with van der Waals surface area (Å²) in [5.74, 6) is 0.246. The van der Waals surface area contributed by atoms with Crippen LogP contribution in [0.25, 0.3) is 0 Å². The van der Waals surface area contributed by atoms with Crippen LogP contribution in [0.5, 0.6) is 0 Å². The Balaban J connectivity index is 2.68. The molecule has 14 heavy (non-hydrogen) atoms. The average molecular weight is 211 g/mol. The summed E-state index contributed by atoms with van der Waals surface area (Å²) in [5.41, 5.74) is 1.78. The Morgan fingerprint density at radius 2 is 2.14 bits per heavy atom. The molecule has 2 rings (SSSR count). The second-order valence-corrected chi connectivity index (χ2v) is 5.62. The van der Waals surface area contributed by atoms with Crippen molar-refractivity contribution in [2.75, 3.05) is 17.6 Å². The smallest absolute Gasteiger partial charge is 0.180 e. The summed E-state index contributed by atoms with van der Waals surface area (Å²) in [4.78, 5) is 0.454. The Morgan fingerprint density at radius 3 is 2.93 bits per heavy atom. The van der Waals surface area contributed by atoms with Crippen molar-refractivity contribution in [3.05, 3.63) is 23.8 Å². The molecule has 0 spiro atoms. The number of aryl methyl sites for hydroxylation is 1. The molecule has 1 heterocycles. The Morgan fingerprint density at radius 1 is 1.36 bits per heavy atom. The molecule has 1 aliphatic rings. The van der Waals surface area contributed by atoms with Crippen molar-refractivity contribution < 1.29 is 8.42 Å². The first-order valence-electron chi connectivity index (χ1n) is 4.67. The van der Waals surface area contributed by atoms with Crippen LogP contribution in [0.4, 0.5) is 5.69 Å². The van der Waals surface area contributed by atoms with Gasteiger partial charge in [0.05, 0.1) is 16.3 Å². The van der Waals surface area contributed by atoms with Crippen molar-refractivity contribution in [1.29, 1.82) is 0 Å². The summed E-state index contributed by atoms with van der Waals surface area (Å²) in [7, 11) is -3.06. The molecule has 0 fully saturated rings. The molecule has 0 aromatic heterocycles. The lowest BCUT2D eigenvalue weighted by Crippen LogP contribution is -2.05. The highest BCUT2D eigenvalue weighted by Gasteiger charge is 2.21. The summed E-state index contributed by atoms with van der Waals surface area (Å²) >= 11 is 0. The fraction of sp³-hybridized carbons (Fsp3) is 0.400. The van der Waals surface area contributed by atoms with E-state index in [0.717, 1.165) is 17.8 Å². The van der Waals surface area contributed by atoms with Gasteiger partial charge in [0.15, 0.2) is 9.84 Å².